The molecular formula is C16H17FN4O4. The Morgan fingerprint density at radius 1 is 1.44 bits per heavy atom. The standard InChI is InChI=1S/C16H17FN4O4/c17-9-1-2-14-12(5-9)15(20-21(14)7-10(23)8-22)19-13-6-18-4-3-11(13)16(24)25/h1-6,10,15,19-20,22-23H,7-8H2,(H,24,25). The maximum absolute atomic E-state index is 13.7. The van der Waals surface area contributed by atoms with Crippen LogP contribution in [0.4, 0.5) is 15.8 Å². The number of nitrogens with zero attached hydrogens (tertiary/aromatic N) is 2. The minimum Gasteiger partial charge on any atom is -0.478 e. The van der Waals surface area contributed by atoms with Gasteiger partial charge in [-0.3, -0.25) is 4.98 Å². The quantitative estimate of drug-likeness (QED) is 0.518. The topological polar surface area (TPSA) is 118 Å². The summed E-state index contributed by atoms with van der Waals surface area (Å²) in [5.41, 5.74) is 4.49. The Kier molecular flexibility index (Phi) is 4.79. The molecule has 0 saturated heterocycles. The van der Waals surface area contributed by atoms with Crippen LogP contribution >= 0.6 is 0 Å². The Hall–Kier alpha value is -2.75. The number of carboxylic acids is 1. The molecule has 25 heavy (non-hydrogen) atoms. The van der Waals surface area contributed by atoms with E-state index >= 15 is 0 Å². The minimum absolute atomic E-state index is 0.0311. The number of halogens is 1. The molecule has 2 heterocycles. The molecule has 0 radical (unpaired) electrons. The molecule has 0 fully saturated rings. The van der Waals surface area contributed by atoms with E-state index in [9.17, 15) is 19.4 Å². The van der Waals surface area contributed by atoms with Gasteiger partial charge < -0.3 is 25.6 Å². The molecule has 8 nitrogen and oxygen atoms in total. The van der Waals surface area contributed by atoms with Gasteiger partial charge in [0.1, 0.15) is 12.0 Å². The number of β-amino-alcohol motifs (C(OH)–C–C–N with tert-alkyl or cyclic N) is 1. The summed E-state index contributed by atoms with van der Waals surface area (Å²) >= 11 is 0. The van der Waals surface area contributed by atoms with Crippen LogP contribution < -0.4 is 15.8 Å². The average Bonchev–Trinajstić information content (AvgIpc) is 2.91. The second-order valence-corrected chi connectivity index (χ2v) is 5.58. The molecule has 9 heteroatoms. The minimum atomic E-state index is -1.12. The van der Waals surface area contributed by atoms with E-state index in [-0.39, 0.29) is 17.8 Å². The fraction of sp³-hybridized carbons (Fsp3) is 0.250. The summed E-state index contributed by atoms with van der Waals surface area (Å²) in [7, 11) is 0. The summed E-state index contributed by atoms with van der Waals surface area (Å²) in [5.74, 6) is -1.56. The van der Waals surface area contributed by atoms with Crippen LogP contribution in [-0.2, 0) is 0 Å². The number of hydrazine groups is 1. The van der Waals surface area contributed by atoms with Crippen molar-refractivity contribution in [2.45, 2.75) is 12.3 Å². The Balaban J connectivity index is 1.91. The largest absolute Gasteiger partial charge is 0.478 e. The number of aromatic carboxylic acids is 1. The molecule has 1 aliphatic rings. The average molecular weight is 348 g/mol. The summed E-state index contributed by atoms with van der Waals surface area (Å²) in [6, 6.07) is 5.51. The number of hydrogen-bond donors (Lipinski definition) is 5. The molecule has 1 aromatic carbocycles. The van der Waals surface area contributed by atoms with Crippen molar-refractivity contribution in [3.63, 3.8) is 0 Å². The van der Waals surface area contributed by atoms with Crippen molar-refractivity contribution < 1.29 is 24.5 Å². The first-order chi connectivity index (χ1) is 12.0. The third-order valence-electron chi connectivity index (χ3n) is 3.83. The van der Waals surface area contributed by atoms with Crippen LogP contribution in [0.1, 0.15) is 22.1 Å². The highest BCUT2D eigenvalue weighted by atomic mass is 19.1. The van der Waals surface area contributed by atoms with E-state index < -0.39 is 30.7 Å². The van der Waals surface area contributed by atoms with Gasteiger partial charge in [0.15, 0.2) is 0 Å². The number of carbonyl (C=O) groups is 1. The number of rotatable bonds is 6. The van der Waals surface area contributed by atoms with Gasteiger partial charge in [0, 0.05) is 11.8 Å². The third-order valence-corrected chi connectivity index (χ3v) is 3.83. The number of nitrogens with one attached hydrogen (secondary N) is 2. The zero-order chi connectivity index (χ0) is 18.0. The van der Waals surface area contributed by atoms with Gasteiger partial charge >= 0.3 is 5.97 Å². The van der Waals surface area contributed by atoms with Crippen LogP contribution in [0.15, 0.2) is 36.7 Å². The molecule has 0 spiro atoms. The van der Waals surface area contributed by atoms with E-state index in [0.717, 1.165) is 0 Å². The molecule has 2 unspecified atom stereocenters. The molecule has 0 aliphatic carbocycles. The zero-order valence-electron chi connectivity index (χ0n) is 13.1. The van der Waals surface area contributed by atoms with E-state index in [4.69, 9.17) is 5.11 Å². The highest BCUT2D eigenvalue weighted by Gasteiger charge is 2.30. The summed E-state index contributed by atoms with van der Waals surface area (Å²) in [6.07, 6.45) is 1.12. The van der Waals surface area contributed by atoms with Crippen molar-refractivity contribution in [2.75, 3.05) is 23.5 Å². The summed E-state index contributed by atoms with van der Waals surface area (Å²) in [6.45, 7) is -0.343. The number of aliphatic hydroxyl groups excluding tert-OH is 2. The summed E-state index contributed by atoms with van der Waals surface area (Å²) in [4.78, 5) is 15.2. The van der Waals surface area contributed by atoms with Crippen molar-refractivity contribution >= 4 is 17.3 Å². The molecule has 3 rings (SSSR count). The lowest BCUT2D eigenvalue weighted by Crippen LogP contribution is -2.42. The van der Waals surface area contributed by atoms with Gasteiger partial charge in [0.05, 0.1) is 42.4 Å². The number of anilines is 2. The Morgan fingerprint density at radius 2 is 2.24 bits per heavy atom. The van der Waals surface area contributed by atoms with Crippen LogP contribution in [0.3, 0.4) is 0 Å². The second-order valence-electron chi connectivity index (χ2n) is 5.58. The number of carboxylic acid groups (broad SMARTS) is 1. The fourth-order valence-electron chi connectivity index (χ4n) is 2.68. The monoisotopic (exact) mass is 348 g/mol. The molecule has 5 N–H and O–H groups in total. The smallest absolute Gasteiger partial charge is 0.337 e. The van der Waals surface area contributed by atoms with Crippen molar-refractivity contribution in [2.24, 2.45) is 0 Å². The first-order valence-electron chi connectivity index (χ1n) is 7.55. The molecule has 0 bridgehead atoms. The fourth-order valence-corrected chi connectivity index (χ4v) is 2.68. The predicted molar refractivity (Wildman–Crippen MR) is 87.5 cm³/mol. The lowest BCUT2D eigenvalue weighted by Gasteiger charge is -2.23. The number of hydrogen-bond acceptors (Lipinski definition) is 7. The van der Waals surface area contributed by atoms with Crippen LogP contribution in [0, 0.1) is 5.82 Å². The Labute approximate surface area is 142 Å². The molecule has 0 amide bonds. The van der Waals surface area contributed by atoms with Crippen molar-refractivity contribution in [3.05, 3.63) is 53.6 Å². The summed E-state index contributed by atoms with van der Waals surface area (Å²) < 4.78 is 13.7. The van der Waals surface area contributed by atoms with Gasteiger partial charge in [-0.15, -0.1) is 0 Å². The number of aromatic nitrogens is 1. The lowest BCUT2D eigenvalue weighted by atomic mass is 10.1. The third kappa shape index (κ3) is 3.53. The highest BCUT2D eigenvalue weighted by molar-refractivity contribution is 5.94. The highest BCUT2D eigenvalue weighted by Crippen LogP contribution is 2.34. The van der Waals surface area contributed by atoms with E-state index in [1.54, 1.807) is 11.1 Å². The van der Waals surface area contributed by atoms with E-state index in [0.29, 0.717) is 11.3 Å². The van der Waals surface area contributed by atoms with Crippen LogP contribution in [-0.4, -0.2) is 45.5 Å². The molecular weight excluding hydrogens is 331 g/mol. The zero-order valence-corrected chi connectivity index (χ0v) is 13.1. The summed E-state index contributed by atoms with van der Waals surface area (Å²) in [5, 5.41) is 32.5. The van der Waals surface area contributed by atoms with Gasteiger partial charge in [-0.05, 0) is 24.3 Å². The first kappa shape index (κ1) is 17.1. The number of aliphatic hydroxyl groups is 2. The van der Waals surface area contributed by atoms with E-state index in [1.165, 1.54) is 30.6 Å². The maximum atomic E-state index is 13.7. The second kappa shape index (κ2) is 7.01. The number of pyridine rings is 1. The molecule has 132 valence electrons. The molecule has 1 aliphatic heterocycles. The van der Waals surface area contributed by atoms with Crippen molar-refractivity contribution in [1.29, 1.82) is 0 Å². The van der Waals surface area contributed by atoms with Gasteiger partial charge in [-0.2, -0.15) is 0 Å². The Morgan fingerprint density at radius 3 is 2.96 bits per heavy atom. The van der Waals surface area contributed by atoms with Gasteiger partial charge in [-0.1, -0.05) is 0 Å². The molecule has 2 atom stereocenters. The predicted octanol–water partition coefficient (Wildman–Crippen LogP) is 0.707. The van der Waals surface area contributed by atoms with Crippen LogP contribution in [0.2, 0.25) is 0 Å². The molecule has 0 saturated carbocycles. The van der Waals surface area contributed by atoms with Crippen LogP contribution in [0.5, 0.6) is 0 Å². The van der Waals surface area contributed by atoms with Gasteiger partial charge in [-0.25, -0.2) is 14.6 Å². The van der Waals surface area contributed by atoms with Crippen molar-refractivity contribution in [1.82, 2.24) is 10.4 Å². The van der Waals surface area contributed by atoms with Crippen molar-refractivity contribution in [3.8, 4) is 0 Å². The normalized spacial score (nSPS) is 17.2. The lowest BCUT2D eigenvalue weighted by molar-refractivity contribution is 0.0697. The SMILES string of the molecule is O=C(O)c1ccncc1NC1NN(CC(O)CO)c2ccc(F)cc21. The number of benzene rings is 1. The molecule has 2 aromatic rings. The van der Waals surface area contributed by atoms with Gasteiger partial charge in [0.25, 0.3) is 0 Å². The van der Waals surface area contributed by atoms with E-state index in [2.05, 4.69) is 15.7 Å². The maximum Gasteiger partial charge on any atom is 0.337 e. The van der Waals surface area contributed by atoms with E-state index in [1.807, 2.05) is 0 Å². The number of fused-ring (bicyclic) bond motifs is 1. The molecule has 1 aromatic heterocycles. The first-order valence-corrected chi connectivity index (χ1v) is 7.55. The Bertz CT molecular complexity index is 788. The van der Waals surface area contributed by atoms with Crippen LogP contribution in [0.25, 0.3) is 0 Å². The van der Waals surface area contributed by atoms with Gasteiger partial charge in [0.2, 0.25) is 0 Å².